The Labute approximate surface area is 109 Å². The fraction of sp³-hybridized carbons (Fsp3) is 0.250. The number of nitrogens with zero attached hydrogens (tertiary/aromatic N) is 3. The Hall–Kier alpha value is -1.82. The van der Waals surface area contributed by atoms with Crippen LogP contribution in [0.15, 0.2) is 35.7 Å². The van der Waals surface area contributed by atoms with E-state index in [4.69, 9.17) is 5.11 Å². The molecule has 1 aromatic carbocycles. The minimum atomic E-state index is -0.809. The van der Waals surface area contributed by atoms with E-state index in [-0.39, 0.29) is 6.42 Å². The van der Waals surface area contributed by atoms with Gasteiger partial charge < -0.3 is 5.11 Å². The number of hydrogen-bond acceptors (Lipinski definition) is 4. The van der Waals surface area contributed by atoms with Crippen LogP contribution in [0, 0.1) is 0 Å². The first-order valence-corrected chi connectivity index (χ1v) is 6.40. The zero-order valence-corrected chi connectivity index (χ0v) is 10.7. The molecule has 94 valence electrons. The van der Waals surface area contributed by atoms with Crippen molar-refractivity contribution in [3.05, 3.63) is 41.7 Å². The fourth-order valence-corrected chi connectivity index (χ4v) is 2.34. The van der Waals surface area contributed by atoms with Gasteiger partial charge in [-0.15, -0.1) is 0 Å². The van der Waals surface area contributed by atoms with Crippen LogP contribution in [-0.4, -0.2) is 25.8 Å². The molecule has 2 rings (SSSR count). The van der Waals surface area contributed by atoms with E-state index in [0.717, 1.165) is 22.0 Å². The SMILES string of the molecule is Cn1ncnc1SCc1ccc(CC(=O)O)cc1. The second-order valence-electron chi connectivity index (χ2n) is 3.84. The zero-order chi connectivity index (χ0) is 13.0. The number of hydrogen-bond donors (Lipinski definition) is 1. The van der Waals surface area contributed by atoms with Crippen LogP contribution in [0.1, 0.15) is 11.1 Å². The van der Waals surface area contributed by atoms with Gasteiger partial charge in [0.25, 0.3) is 0 Å². The first-order valence-electron chi connectivity index (χ1n) is 5.41. The molecule has 0 saturated heterocycles. The number of carbonyl (C=O) groups is 1. The van der Waals surface area contributed by atoms with Crippen LogP contribution in [0.2, 0.25) is 0 Å². The molecular weight excluding hydrogens is 250 g/mol. The van der Waals surface area contributed by atoms with E-state index in [0.29, 0.717) is 0 Å². The smallest absolute Gasteiger partial charge is 0.307 e. The van der Waals surface area contributed by atoms with Crippen molar-refractivity contribution in [2.45, 2.75) is 17.3 Å². The Morgan fingerprint density at radius 3 is 2.56 bits per heavy atom. The van der Waals surface area contributed by atoms with Gasteiger partial charge in [-0.25, -0.2) is 9.67 Å². The maximum Gasteiger partial charge on any atom is 0.307 e. The summed E-state index contributed by atoms with van der Waals surface area (Å²) in [5.74, 6) is -0.0175. The van der Waals surface area contributed by atoms with Crippen LogP contribution >= 0.6 is 11.8 Å². The Kier molecular flexibility index (Phi) is 3.99. The van der Waals surface area contributed by atoms with Crippen molar-refractivity contribution in [3.63, 3.8) is 0 Å². The Morgan fingerprint density at radius 2 is 2.00 bits per heavy atom. The third kappa shape index (κ3) is 3.33. The molecule has 0 radical (unpaired) electrons. The first kappa shape index (κ1) is 12.6. The molecule has 0 aliphatic carbocycles. The van der Waals surface area contributed by atoms with Gasteiger partial charge in [0, 0.05) is 12.8 Å². The molecule has 0 atom stereocenters. The summed E-state index contributed by atoms with van der Waals surface area (Å²) in [5, 5.41) is 13.5. The molecule has 0 saturated carbocycles. The van der Waals surface area contributed by atoms with Gasteiger partial charge in [-0.05, 0) is 11.1 Å². The average molecular weight is 263 g/mol. The van der Waals surface area contributed by atoms with Gasteiger partial charge in [-0.3, -0.25) is 4.79 Å². The summed E-state index contributed by atoms with van der Waals surface area (Å²) in [5.41, 5.74) is 1.95. The summed E-state index contributed by atoms with van der Waals surface area (Å²) in [6, 6.07) is 7.59. The van der Waals surface area contributed by atoms with E-state index < -0.39 is 5.97 Å². The predicted octanol–water partition coefficient (Wildman–Crippen LogP) is 1.73. The summed E-state index contributed by atoms with van der Waals surface area (Å²) in [6.07, 6.45) is 1.59. The van der Waals surface area contributed by atoms with Crippen molar-refractivity contribution in [3.8, 4) is 0 Å². The van der Waals surface area contributed by atoms with Crippen molar-refractivity contribution in [1.29, 1.82) is 0 Å². The average Bonchev–Trinajstić information content (AvgIpc) is 2.73. The van der Waals surface area contributed by atoms with E-state index in [2.05, 4.69) is 10.1 Å². The monoisotopic (exact) mass is 263 g/mol. The highest BCUT2D eigenvalue weighted by molar-refractivity contribution is 7.98. The minimum absolute atomic E-state index is 0.0662. The van der Waals surface area contributed by atoms with Gasteiger partial charge >= 0.3 is 5.97 Å². The molecule has 1 aromatic heterocycles. The first-order chi connectivity index (χ1) is 8.65. The molecule has 18 heavy (non-hydrogen) atoms. The number of carboxylic acid groups (broad SMARTS) is 1. The van der Waals surface area contributed by atoms with Crippen LogP contribution in [0.5, 0.6) is 0 Å². The third-order valence-corrected chi connectivity index (χ3v) is 3.52. The van der Waals surface area contributed by atoms with Crippen LogP contribution in [0.4, 0.5) is 0 Å². The molecular formula is C12H13N3O2S. The second kappa shape index (κ2) is 5.68. The highest BCUT2D eigenvalue weighted by atomic mass is 32.2. The molecule has 6 heteroatoms. The maximum absolute atomic E-state index is 10.6. The number of aryl methyl sites for hydroxylation is 1. The van der Waals surface area contributed by atoms with Gasteiger partial charge in [-0.2, -0.15) is 5.10 Å². The summed E-state index contributed by atoms with van der Waals surface area (Å²) < 4.78 is 1.73. The van der Waals surface area contributed by atoms with Crippen molar-refractivity contribution in [2.24, 2.45) is 7.05 Å². The quantitative estimate of drug-likeness (QED) is 0.832. The van der Waals surface area contributed by atoms with Crippen LogP contribution in [0.25, 0.3) is 0 Å². The zero-order valence-electron chi connectivity index (χ0n) is 9.91. The van der Waals surface area contributed by atoms with E-state index in [9.17, 15) is 4.79 Å². The number of benzene rings is 1. The summed E-state index contributed by atoms with van der Waals surface area (Å²) in [7, 11) is 1.85. The lowest BCUT2D eigenvalue weighted by molar-refractivity contribution is -0.136. The molecule has 0 spiro atoms. The standard InChI is InChI=1S/C12H13N3O2S/c1-15-12(13-8-14-15)18-7-10-4-2-9(3-5-10)6-11(16)17/h2-5,8H,6-7H2,1H3,(H,16,17). The molecule has 1 heterocycles. The van der Waals surface area contributed by atoms with Crippen molar-refractivity contribution < 1.29 is 9.90 Å². The van der Waals surface area contributed by atoms with E-state index in [1.165, 1.54) is 6.33 Å². The van der Waals surface area contributed by atoms with Gasteiger partial charge in [0.15, 0.2) is 5.16 Å². The normalized spacial score (nSPS) is 10.5. The molecule has 0 bridgehead atoms. The van der Waals surface area contributed by atoms with E-state index in [1.807, 2.05) is 31.3 Å². The van der Waals surface area contributed by atoms with Gasteiger partial charge in [0.1, 0.15) is 6.33 Å². The van der Waals surface area contributed by atoms with Crippen LogP contribution in [0.3, 0.4) is 0 Å². The summed E-state index contributed by atoms with van der Waals surface area (Å²) >= 11 is 1.60. The Bertz CT molecular complexity index is 537. The molecule has 5 nitrogen and oxygen atoms in total. The molecule has 2 aromatic rings. The highest BCUT2D eigenvalue weighted by Gasteiger charge is 2.03. The van der Waals surface area contributed by atoms with Crippen LogP contribution < -0.4 is 0 Å². The largest absolute Gasteiger partial charge is 0.481 e. The number of aromatic nitrogens is 3. The van der Waals surface area contributed by atoms with E-state index in [1.54, 1.807) is 16.4 Å². The molecule has 0 aliphatic heterocycles. The molecule has 0 aliphatic rings. The van der Waals surface area contributed by atoms with Gasteiger partial charge in [-0.1, -0.05) is 36.0 Å². The van der Waals surface area contributed by atoms with Crippen molar-refractivity contribution in [2.75, 3.05) is 0 Å². The summed E-state index contributed by atoms with van der Waals surface area (Å²) in [6.45, 7) is 0. The minimum Gasteiger partial charge on any atom is -0.481 e. The maximum atomic E-state index is 10.6. The molecule has 1 N–H and O–H groups in total. The topological polar surface area (TPSA) is 68.0 Å². The van der Waals surface area contributed by atoms with Crippen molar-refractivity contribution in [1.82, 2.24) is 14.8 Å². The number of rotatable bonds is 5. The Balaban J connectivity index is 1.94. The molecule has 0 amide bonds. The number of carboxylic acids is 1. The van der Waals surface area contributed by atoms with Crippen molar-refractivity contribution >= 4 is 17.7 Å². The fourth-order valence-electron chi connectivity index (χ4n) is 1.49. The van der Waals surface area contributed by atoms with Gasteiger partial charge in [0.2, 0.25) is 0 Å². The highest BCUT2D eigenvalue weighted by Crippen LogP contribution is 2.19. The third-order valence-electron chi connectivity index (χ3n) is 2.42. The van der Waals surface area contributed by atoms with Gasteiger partial charge in [0.05, 0.1) is 6.42 Å². The second-order valence-corrected chi connectivity index (χ2v) is 4.78. The number of thioether (sulfide) groups is 1. The molecule has 0 unspecified atom stereocenters. The number of aliphatic carboxylic acids is 1. The lowest BCUT2D eigenvalue weighted by Gasteiger charge is -2.02. The summed E-state index contributed by atoms with van der Waals surface area (Å²) in [4.78, 5) is 14.7. The lowest BCUT2D eigenvalue weighted by atomic mass is 10.1. The predicted molar refractivity (Wildman–Crippen MR) is 68.3 cm³/mol. The van der Waals surface area contributed by atoms with Crippen LogP contribution in [-0.2, 0) is 24.0 Å². The van der Waals surface area contributed by atoms with E-state index >= 15 is 0 Å². The Morgan fingerprint density at radius 1 is 1.33 bits per heavy atom. The molecule has 0 fully saturated rings. The lowest BCUT2D eigenvalue weighted by Crippen LogP contribution is -1.99.